The number of allylic oxidation sites excluding steroid dienone is 1. The number of ketones is 1. The Balaban J connectivity index is 1.77. The van der Waals surface area contributed by atoms with Gasteiger partial charge in [-0.3, -0.25) is 20.0 Å². The van der Waals surface area contributed by atoms with Crippen molar-refractivity contribution in [1.29, 1.82) is 0 Å². The van der Waals surface area contributed by atoms with Crippen LogP contribution >= 0.6 is 34.8 Å². The van der Waals surface area contributed by atoms with Crippen LogP contribution in [0, 0.1) is 10.1 Å². The molecule has 0 spiro atoms. The topological polar surface area (TPSA) is 88.9 Å². The van der Waals surface area contributed by atoms with Gasteiger partial charge in [0.2, 0.25) is 0 Å². The number of carbonyl (C=O) groups excluding carboxylic acids is 1. The van der Waals surface area contributed by atoms with Crippen LogP contribution in [-0.4, -0.2) is 20.9 Å². The first-order valence-electron chi connectivity index (χ1n) is 7.52. The summed E-state index contributed by atoms with van der Waals surface area (Å²) in [7, 11) is 0. The van der Waals surface area contributed by atoms with Crippen LogP contribution in [0.1, 0.15) is 16.1 Å². The van der Waals surface area contributed by atoms with Crippen LogP contribution in [-0.2, 0) is 0 Å². The lowest BCUT2D eigenvalue weighted by Gasteiger charge is -1.99. The molecule has 0 saturated heterocycles. The first kappa shape index (κ1) is 19.1. The van der Waals surface area contributed by atoms with Crippen molar-refractivity contribution in [2.75, 3.05) is 0 Å². The Kier molecular flexibility index (Phi) is 5.60. The number of rotatable bonds is 5. The van der Waals surface area contributed by atoms with E-state index in [4.69, 9.17) is 34.8 Å². The van der Waals surface area contributed by atoms with Crippen molar-refractivity contribution in [3.63, 3.8) is 0 Å². The average molecular weight is 423 g/mol. The van der Waals surface area contributed by atoms with Crippen LogP contribution in [0.15, 0.2) is 48.5 Å². The Bertz CT molecular complexity index is 1080. The van der Waals surface area contributed by atoms with Gasteiger partial charge in [-0.2, -0.15) is 5.10 Å². The van der Waals surface area contributed by atoms with Crippen LogP contribution in [0.3, 0.4) is 0 Å². The van der Waals surface area contributed by atoms with E-state index in [9.17, 15) is 14.9 Å². The average Bonchev–Trinajstić information content (AvgIpc) is 3.10. The molecule has 0 saturated carbocycles. The molecule has 136 valence electrons. The molecule has 2 aromatic carbocycles. The summed E-state index contributed by atoms with van der Waals surface area (Å²) >= 11 is 17.7. The van der Waals surface area contributed by atoms with Gasteiger partial charge >= 0.3 is 0 Å². The second kappa shape index (κ2) is 7.92. The predicted molar refractivity (Wildman–Crippen MR) is 106 cm³/mol. The molecule has 0 aliphatic carbocycles. The molecule has 1 heterocycles. The maximum Gasteiger partial charge on any atom is 0.287 e. The van der Waals surface area contributed by atoms with Gasteiger partial charge in [-0.15, -0.1) is 0 Å². The van der Waals surface area contributed by atoms with Gasteiger partial charge in [0.1, 0.15) is 5.02 Å². The molecular weight excluding hydrogens is 413 g/mol. The highest BCUT2D eigenvalue weighted by atomic mass is 35.5. The van der Waals surface area contributed by atoms with E-state index in [1.165, 1.54) is 24.3 Å². The maximum absolute atomic E-state index is 12.2. The fraction of sp³-hybridized carbons (Fsp3) is 0. The Labute approximate surface area is 168 Å². The maximum atomic E-state index is 12.2. The Morgan fingerprint density at radius 2 is 1.81 bits per heavy atom. The summed E-state index contributed by atoms with van der Waals surface area (Å²) in [6, 6.07) is 10.7. The number of nitro groups is 1. The molecule has 0 atom stereocenters. The lowest BCUT2D eigenvalue weighted by atomic mass is 10.1. The molecule has 0 aliphatic heterocycles. The third-order valence-electron chi connectivity index (χ3n) is 3.66. The van der Waals surface area contributed by atoms with Crippen LogP contribution < -0.4 is 0 Å². The molecule has 27 heavy (non-hydrogen) atoms. The number of nitrogens with one attached hydrogen (secondary N) is 1. The minimum absolute atomic E-state index is 0.0947. The van der Waals surface area contributed by atoms with Gasteiger partial charge in [0, 0.05) is 17.2 Å². The standard InChI is InChI=1S/C18H10Cl3N3O3/c19-13-4-1-10(7-14(13)20)16-9-12(22-23-16)3-6-18(25)11-2-5-17(24(26)27)15(21)8-11/h1-9H,(H,22,23)/b6-3+. The second-order valence-corrected chi connectivity index (χ2v) is 6.68. The number of hydrogen-bond donors (Lipinski definition) is 1. The molecule has 3 aromatic rings. The molecular formula is C18H10Cl3N3O3. The number of H-pyrrole nitrogens is 1. The van der Waals surface area contributed by atoms with Crippen LogP contribution in [0.25, 0.3) is 17.3 Å². The smallest absolute Gasteiger partial charge is 0.287 e. The molecule has 3 rings (SSSR count). The van der Waals surface area contributed by atoms with E-state index >= 15 is 0 Å². The van der Waals surface area contributed by atoms with Crippen LogP contribution in [0.5, 0.6) is 0 Å². The fourth-order valence-corrected chi connectivity index (χ4v) is 2.84. The van der Waals surface area contributed by atoms with Crippen molar-refractivity contribution in [2.24, 2.45) is 0 Å². The van der Waals surface area contributed by atoms with Crippen molar-refractivity contribution in [3.8, 4) is 11.3 Å². The van der Waals surface area contributed by atoms with E-state index in [-0.39, 0.29) is 22.1 Å². The minimum atomic E-state index is -0.610. The molecule has 6 nitrogen and oxygen atoms in total. The molecule has 0 amide bonds. The van der Waals surface area contributed by atoms with Crippen LogP contribution in [0.4, 0.5) is 5.69 Å². The summed E-state index contributed by atoms with van der Waals surface area (Å²) in [5, 5.41) is 18.5. The van der Waals surface area contributed by atoms with Gasteiger partial charge < -0.3 is 0 Å². The van der Waals surface area contributed by atoms with E-state index in [1.54, 1.807) is 30.3 Å². The molecule has 0 bridgehead atoms. The van der Waals surface area contributed by atoms with Crippen molar-refractivity contribution >= 4 is 52.3 Å². The summed E-state index contributed by atoms with van der Waals surface area (Å²) in [6.07, 6.45) is 2.87. The number of aromatic nitrogens is 2. The van der Waals surface area contributed by atoms with Crippen LogP contribution in [0.2, 0.25) is 15.1 Å². The number of nitrogens with zero attached hydrogens (tertiary/aromatic N) is 2. The number of halogens is 3. The monoisotopic (exact) mass is 421 g/mol. The fourth-order valence-electron chi connectivity index (χ4n) is 2.30. The second-order valence-electron chi connectivity index (χ2n) is 5.46. The van der Waals surface area contributed by atoms with E-state index in [0.717, 1.165) is 5.56 Å². The molecule has 0 unspecified atom stereocenters. The quantitative estimate of drug-likeness (QED) is 0.242. The molecule has 0 fully saturated rings. The minimum Gasteiger partial charge on any atom is -0.289 e. The van der Waals surface area contributed by atoms with Gasteiger partial charge in [0.15, 0.2) is 5.78 Å². The summed E-state index contributed by atoms with van der Waals surface area (Å²) in [5.41, 5.74) is 1.99. The zero-order chi connectivity index (χ0) is 19.6. The van der Waals surface area contributed by atoms with E-state index in [0.29, 0.717) is 21.4 Å². The van der Waals surface area contributed by atoms with Gasteiger partial charge in [-0.1, -0.05) is 40.9 Å². The van der Waals surface area contributed by atoms with Crippen molar-refractivity contribution in [1.82, 2.24) is 10.2 Å². The highest BCUT2D eigenvalue weighted by Crippen LogP contribution is 2.28. The first-order valence-corrected chi connectivity index (χ1v) is 8.66. The lowest BCUT2D eigenvalue weighted by molar-refractivity contribution is -0.384. The van der Waals surface area contributed by atoms with E-state index in [2.05, 4.69) is 10.2 Å². The van der Waals surface area contributed by atoms with Crippen molar-refractivity contribution in [3.05, 3.63) is 85.0 Å². The molecule has 0 radical (unpaired) electrons. The number of hydrogen-bond acceptors (Lipinski definition) is 4. The summed E-state index contributed by atoms with van der Waals surface area (Å²) in [6.45, 7) is 0. The van der Waals surface area contributed by atoms with Gasteiger partial charge in [-0.05, 0) is 42.5 Å². The van der Waals surface area contributed by atoms with E-state index in [1.807, 2.05) is 0 Å². The van der Waals surface area contributed by atoms with Gasteiger partial charge in [-0.25, -0.2) is 0 Å². The summed E-state index contributed by atoms with van der Waals surface area (Å²) in [4.78, 5) is 22.4. The first-order chi connectivity index (χ1) is 12.8. The van der Waals surface area contributed by atoms with E-state index < -0.39 is 4.92 Å². The summed E-state index contributed by atoms with van der Waals surface area (Å²) in [5.74, 6) is -0.350. The lowest BCUT2D eigenvalue weighted by Crippen LogP contribution is -1.96. The SMILES string of the molecule is O=C(/C=C/c1cc(-c2ccc(Cl)c(Cl)c2)n[nH]1)c1ccc([N+](=O)[O-])c(Cl)c1. The highest BCUT2D eigenvalue weighted by molar-refractivity contribution is 6.42. The normalized spacial score (nSPS) is 11.1. The zero-order valence-corrected chi connectivity index (χ0v) is 15.7. The molecule has 0 aliphatic rings. The highest BCUT2D eigenvalue weighted by Gasteiger charge is 2.14. The Morgan fingerprint density at radius 3 is 2.48 bits per heavy atom. The predicted octanol–water partition coefficient (Wildman–Crippen LogP) is 5.84. The van der Waals surface area contributed by atoms with Gasteiger partial charge in [0.05, 0.1) is 26.4 Å². The molecule has 1 N–H and O–H groups in total. The number of aromatic amines is 1. The third-order valence-corrected chi connectivity index (χ3v) is 4.70. The third kappa shape index (κ3) is 4.36. The Hall–Kier alpha value is -2.67. The molecule has 1 aromatic heterocycles. The zero-order valence-electron chi connectivity index (χ0n) is 13.4. The van der Waals surface area contributed by atoms with Crippen molar-refractivity contribution < 1.29 is 9.72 Å². The van der Waals surface area contributed by atoms with Gasteiger partial charge in [0.25, 0.3) is 5.69 Å². The summed E-state index contributed by atoms with van der Waals surface area (Å²) < 4.78 is 0. The number of carbonyl (C=O) groups is 1. The molecule has 9 heteroatoms. The Morgan fingerprint density at radius 1 is 1.04 bits per heavy atom. The largest absolute Gasteiger partial charge is 0.289 e. The number of benzene rings is 2. The van der Waals surface area contributed by atoms with Crippen molar-refractivity contribution in [2.45, 2.75) is 0 Å². The number of nitro benzene ring substituents is 1.